The smallest absolute Gasteiger partial charge is 0.124 e. The van der Waals surface area contributed by atoms with Crippen molar-refractivity contribution in [1.29, 1.82) is 0 Å². The molecule has 0 fully saturated rings. The fourth-order valence-electron chi connectivity index (χ4n) is 6.13. The summed E-state index contributed by atoms with van der Waals surface area (Å²) in [4.78, 5) is 9.67. The zero-order chi connectivity index (χ0) is 29.0. The third-order valence-electron chi connectivity index (χ3n) is 8.24. The van der Waals surface area contributed by atoms with Gasteiger partial charge in [0.15, 0.2) is 0 Å². The first-order valence-corrected chi connectivity index (χ1v) is 15.4. The molecule has 0 N–H and O–H groups in total. The molecule has 0 saturated carbocycles. The lowest BCUT2D eigenvalue weighted by Crippen LogP contribution is -1.95. The SMILES string of the molecule is c1ccc(-c2cccc(-n3c4ccc(-n5cccc5)cc4c4ccc(-c5nc6ccc(-n7cccc7)cc6s5)cc43)c2)nc1. The van der Waals surface area contributed by atoms with Crippen LogP contribution in [-0.2, 0) is 0 Å². The molecule has 0 aliphatic heterocycles. The second-order valence-corrected chi connectivity index (χ2v) is 11.9. The zero-order valence-corrected chi connectivity index (χ0v) is 24.4. The Balaban J connectivity index is 1.25. The minimum absolute atomic E-state index is 0.958. The third-order valence-corrected chi connectivity index (χ3v) is 9.31. The quantitative estimate of drug-likeness (QED) is 0.202. The highest BCUT2D eigenvalue weighted by Gasteiger charge is 2.17. The van der Waals surface area contributed by atoms with Crippen LogP contribution >= 0.6 is 11.3 Å². The number of hydrogen-bond acceptors (Lipinski definition) is 3. The minimum Gasteiger partial charge on any atom is -0.324 e. The van der Waals surface area contributed by atoms with Crippen LogP contribution in [0.2, 0.25) is 0 Å². The van der Waals surface area contributed by atoms with Gasteiger partial charge in [0.1, 0.15) is 5.01 Å². The van der Waals surface area contributed by atoms with E-state index < -0.39 is 0 Å². The van der Waals surface area contributed by atoms with Crippen LogP contribution in [0.5, 0.6) is 0 Å². The van der Waals surface area contributed by atoms with E-state index >= 15 is 0 Å². The summed E-state index contributed by atoms with van der Waals surface area (Å²) in [5.74, 6) is 0. The Hall–Kier alpha value is -5.72. The van der Waals surface area contributed by atoms with E-state index in [-0.39, 0.29) is 0 Å². The summed E-state index contributed by atoms with van der Waals surface area (Å²) in [6, 6.07) is 42.8. The van der Waals surface area contributed by atoms with E-state index in [1.807, 2.05) is 30.5 Å². The van der Waals surface area contributed by atoms with E-state index in [1.54, 1.807) is 11.3 Å². The molecule has 0 bridgehead atoms. The van der Waals surface area contributed by atoms with Gasteiger partial charge in [-0.1, -0.05) is 30.3 Å². The Kier molecular flexibility index (Phi) is 5.61. The summed E-state index contributed by atoms with van der Waals surface area (Å²) in [7, 11) is 0. The van der Waals surface area contributed by atoms with Gasteiger partial charge in [-0.05, 0) is 91.0 Å². The predicted octanol–water partition coefficient (Wildman–Crippen LogP) is 9.70. The molecule has 0 radical (unpaired) electrons. The second kappa shape index (κ2) is 9.93. The van der Waals surface area contributed by atoms with E-state index in [4.69, 9.17) is 4.98 Å². The first-order valence-electron chi connectivity index (χ1n) is 14.6. The Morgan fingerprint density at radius 2 is 1.32 bits per heavy atom. The summed E-state index contributed by atoms with van der Waals surface area (Å²) in [5, 5.41) is 3.43. The number of nitrogens with zero attached hydrogens (tertiary/aromatic N) is 5. The van der Waals surface area contributed by atoms with Crippen LogP contribution < -0.4 is 0 Å². The van der Waals surface area contributed by atoms with Crippen molar-refractivity contribution in [2.24, 2.45) is 0 Å². The van der Waals surface area contributed by atoms with Crippen molar-refractivity contribution in [3.05, 3.63) is 152 Å². The van der Waals surface area contributed by atoms with Crippen LogP contribution in [0.1, 0.15) is 0 Å². The van der Waals surface area contributed by atoms with Gasteiger partial charge in [0, 0.05) is 69.9 Å². The molecule has 0 atom stereocenters. The van der Waals surface area contributed by atoms with Gasteiger partial charge in [0.25, 0.3) is 0 Å². The van der Waals surface area contributed by atoms with Crippen molar-refractivity contribution >= 4 is 43.4 Å². The van der Waals surface area contributed by atoms with Gasteiger partial charge in [-0.3, -0.25) is 4.98 Å². The lowest BCUT2D eigenvalue weighted by Gasteiger charge is -2.11. The molecule has 6 heteroatoms. The number of pyridine rings is 1. The van der Waals surface area contributed by atoms with Crippen molar-refractivity contribution in [2.45, 2.75) is 0 Å². The van der Waals surface area contributed by atoms with Gasteiger partial charge < -0.3 is 13.7 Å². The lowest BCUT2D eigenvalue weighted by atomic mass is 10.1. The largest absolute Gasteiger partial charge is 0.324 e. The summed E-state index contributed by atoms with van der Waals surface area (Å²) < 4.78 is 7.83. The van der Waals surface area contributed by atoms with Crippen molar-refractivity contribution < 1.29 is 0 Å². The maximum Gasteiger partial charge on any atom is 0.124 e. The van der Waals surface area contributed by atoms with Crippen LogP contribution in [0.25, 0.3) is 70.9 Å². The van der Waals surface area contributed by atoms with Crippen molar-refractivity contribution in [2.75, 3.05) is 0 Å². The molecule has 0 amide bonds. The molecule has 9 aromatic rings. The normalized spacial score (nSPS) is 11.6. The molecule has 5 nitrogen and oxygen atoms in total. The highest BCUT2D eigenvalue weighted by atomic mass is 32.1. The molecule has 44 heavy (non-hydrogen) atoms. The van der Waals surface area contributed by atoms with Gasteiger partial charge in [-0.25, -0.2) is 4.98 Å². The Bertz CT molecular complexity index is 2430. The molecular formula is C38H25N5S. The topological polar surface area (TPSA) is 40.6 Å². The van der Waals surface area contributed by atoms with E-state index in [0.29, 0.717) is 0 Å². The third kappa shape index (κ3) is 4.07. The first-order chi connectivity index (χ1) is 21.8. The van der Waals surface area contributed by atoms with Gasteiger partial charge in [-0.15, -0.1) is 11.3 Å². The Labute approximate surface area is 257 Å². The number of rotatable bonds is 5. The van der Waals surface area contributed by atoms with E-state index in [1.165, 1.54) is 15.5 Å². The molecule has 0 spiro atoms. The summed E-state index contributed by atoms with van der Waals surface area (Å²) in [5.41, 5.74) is 9.84. The Morgan fingerprint density at radius 1 is 0.523 bits per heavy atom. The number of hydrogen-bond donors (Lipinski definition) is 0. The summed E-state index contributed by atoms with van der Waals surface area (Å²) >= 11 is 1.73. The molecule has 5 heterocycles. The lowest BCUT2D eigenvalue weighted by molar-refractivity contribution is 1.08. The van der Waals surface area contributed by atoms with Gasteiger partial charge in [0.2, 0.25) is 0 Å². The molecule has 4 aromatic carbocycles. The van der Waals surface area contributed by atoms with Crippen molar-refractivity contribution in [3.63, 3.8) is 0 Å². The predicted molar refractivity (Wildman–Crippen MR) is 181 cm³/mol. The standard InChI is InChI=1S/C38H25N5S/c1-2-17-39-33(10-1)26-8-7-9-30(22-26)43-35-16-13-28(41-18-3-4-19-41)24-32(35)31-14-11-27(23-36(31)43)38-40-34-15-12-29(25-37(34)44-38)42-20-5-6-21-42/h1-25H. The number of benzene rings is 4. The van der Waals surface area contributed by atoms with E-state index in [9.17, 15) is 0 Å². The number of aromatic nitrogens is 5. The maximum atomic E-state index is 5.06. The van der Waals surface area contributed by atoms with Crippen LogP contribution in [0.3, 0.4) is 0 Å². The first kappa shape index (κ1) is 24.8. The van der Waals surface area contributed by atoms with E-state index in [2.05, 4.69) is 141 Å². The van der Waals surface area contributed by atoms with Crippen LogP contribution in [0.4, 0.5) is 0 Å². The number of fused-ring (bicyclic) bond motifs is 4. The average molecular weight is 584 g/mol. The highest BCUT2D eigenvalue weighted by molar-refractivity contribution is 7.21. The molecule has 208 valence electrons. The van der Waals surface area contributed by atoms with E-state index in [0.717, 1.165) is 55.4 Å². The monoisotopic (exact) mass is 583 g/mol. The summed E-state index contributed by atoms with van der Waals surface area (Å²) in [6.07, 6.45) is 10.2. The zero-order valence-electron chi connectivity index (χ0n) is 23.6. The average Bonchev–Trinajstić information content (AvgIpc) is 3.90. The fourth-order valence-corrected chi connectivity index (χ4v) is 7.12. The van der Waals surface area contributed by atoms with Crippen LogP contribution in [0, 0.1) is 0 Å². The fraction of sp³-hybridized carbons (Fsp3) is 0. The van der Waals surface area contributed by atoms with Gasteiger partial charge in [0.05, 0.1) is 26.9 Å². The van der Waals surface area contributed by atoms with Crippen molar-refractivity contribution in [1.82, 2.24) is 23.7 Å². The molecule has 0 aliphatic carbocycles. The second-order valence-electron chi connectivity index (χ2n) is 10.9. The van der Waals surface area contributed by atoms with Crippen LogP contribution in [0.15, 0.2) is 152 Å². The molecular weight excluding hydrogens is 559 g/mol. The van der Waals surface area contributed by atoms with Gasteiger partial charge in [-0.2, -0.15) is 0 Å². The Morgan fingerprint density at radius 3 is 2.11 bits per heavy atom. The summed E-state index contributed by atoms with van der Waals surface area (Å²) in [6.45, 7) is 0. The molecule has 5 aromatic heterocycles. The molecule has 0 saturated heterocycles. The van der Waals surface area contributed by atoms with Crippen molar-refractivity contribution in [3.8, 4) is 38.9 Å². The maximum absolute atomic E-state index is 5.06. The van der Waals surface area contributed by atoms with Gasteiger partial charge >= 0.3 is 0 Å². The number of thiazole rings is 1. The molecule has 0 aliphatic rings. The minimum atomic E-state index is 0.958. The van der Waals surface area contributed by atoms with Crippen LogP contribution in [-0.4, -0.2) is 23.7 Å². The molecule has 9 rings (SSSR count). The highest BCUT2D eigenvalue weighted by Crippen LogP contribution is 2.38. The molecule has 0 unspecified atom stereocenters.